The molecule has 26 heavy (non-hydrogen) atoms. The summed E-state index contributed by atoms with van der Waals surface area (Å²) < 4.78 is 23.1. The highest BCUT2D eigenvalue weighted by molar-refractivity contribution is 5.82. The Labute approximate surface area is 158 Å². The van der Waals surface area contributed by atoms with Gasteiger partial charge >= 0.3 is 5.97 Å². The molecule has 1 unspecified atom stereocenters. The van der Waals surface area contributed by atoms with Gasteiger partial charge in [0.1, 0.15) is 6.10 Å². The molecule has 0 N–H and O–H groups in total. The van der Waals surface area contributed by atoms with Crippen molar-refractivity contribution in [2.75, 3.05) is 26.4 Å². The Bertz CT molecular complexity index is 549. The van der Waals surface area contributed by atoms with E-state index in [9.17, 15) is 4.79 Å². The minimum absolute atomic E-state index is 0.274. The fraction of sp³-hybridized carbons (Fsp3) is 0.667. The molecule has 0 aromatic carbocycles. The first-order valence-corrected chi connectivity index (χ1v) is 9.11. The van der Waals surface area contributed by atoms with E-state index in [0.717, 1.165) is 11.1 Å². The number of cyclic esters (lactones) is 1. The molecule has 0 saturated carbocycles. The molecule has 5 nitrogen and oxygen atoms in total. The number of rotatable bonds is 10. The third-order valence-corrected chi connectivity index (χ3v) is 4.08. The summed E-state index contributed by atoms with van der Waals surface area (Å²) in [6, 6.07) is 0. The molecular weight excluding hydrogens is 332 g/mol. The van der Waals surface area contributed by atoms with Crippen molar-refractivity contribution in [2.24, 2.45) is 0 Å². The van der Waals surface area contributed by atoms with Gasteiger partial charge < -0.3 is 18.9 Å². The molecule has 1 aliphatic rings. The Kier molecular flexibility index (Phi) is 9.27. The van der Waals surface area contributed by atoms with Crippen LogP contribution in [-0.4, -0.2) is 50.2 Å². The highest BCUT2D eigenvalue weighted by Gasteiger charge is 2.56. The van der Waals surface area contributed by atoms with E-state index in [-0.39, 0.29) is 6.61 Å². The van der Waals surface area contributed by atoms with Gasteiger partial charge in [-0.3, -0.25) is 0 Å². The Balaban J connectivity index is 2.84. The zero-order valence-corrected chi connectivity index (χ0v) is 17.3. The van der Waals surface area contributed by atoms with Crippen molar-refractivity contribution in [1.29, 1.82) is 0 Å². The van der Waals surface area contributed by atoms with Gasteiger partial charge in [-0.05, 0) is 48.5 Å². The third kappa shape index (κ3) is 7.06. The SMILES string of the molecule is CC(C)=CCOC[C@H]1OC(=O)[C@](C)(OCC=C(C)C)C1OCC=C(C)C. The monoisotopic (exact) mass is 366 g/mol. The number of hydrogen-bond donors (Lipinski definition) is 0. The molecule has 0 aliphatic carbocycles. The summed E-state index contributed by atoms with van der Waals surface area (Å²) in [5, 5.41) is 0. The fourth-order valence-electron chi connectivity index (χ4n) is 2.43. The number of esters is 1. The second kappa shape index (κ2) is 10.7. The van der Waals surface area contributed by atoms with Gasteiger partial charge in [0.2, 0.25) is 0 Å². The summed E-state index contributed by atoms with van der Waals surface area (Å²) in [6.45, 7) is 15.2. The van der Waals surface area contributed by atoms with Crippen LogP contribution in [0.2, 0.25) is 0 Å². The first-order chi connectivity index (χ1) is 12.2. The molecular formula is C21H34O5. The van der Waals surface area contributed by atoms with E-state index in [1.165, 1.54) is 5.57 Å². The van der Waals surface area contributed by atoms with Crippen LogP contribution >= 0.6 is 0 Å². The average Bonchev–Trinajstić information content (AvgIpc) is 2.75. The smallest absolute Gasteiger partial charge is 0.341 e. The van der Waals surface area contributed by atoms with Crippen molar-refractivity contribution >= 4 is 5.97 Å². The molecule has 1 saturated heterocycles. The number of ether oxygens (including phenoxy) is 4. The van der Waals surface area contributed by atoms with E-state index < -0.39 is 23.8 Å². The van der Waals surface area contributed by atoms with Crippen molar-refractivity contribution in [3.63, 3.8) is 0 Å². The topological polar surface area (TPSA) is 54.0 Å². The number of carbonyl (C=O) groups is 1. The standard InChI is InChI=1S/C21H34O5/c1-15(2)8-11-23-14-18-19(24-12-9-16(3)4)21(7,20(22)26-18)25-13-10-17(5)6/h8-10,18-19H,11-14H2,1-7H3/t18-,19?,21-/m1/s1. The number of hydrogen-bond acceptors (Lipinski definition) is 5. The Hall–Kier alpha value is -1.43. The van der Waals surface area contributed by atoms with Crippen LogP contribution in [0, 0.1) is 0 Å². The molecule has 0 amide bonds. The molecule has 0 aromatic heterocycles. The quantitative estimate of drug-likeness (QED) is 0.332. The lowest BCUT2D eigenvalue weighted by molar-refractivity contribution is -0.161. The van der Waals surface area contributed by atoms with Crippen LogP contribution in [0.1, 0.15) is 48.5 Å². The number of carbonyl (C=O) groups excluding carboxylic acids is 1. The summed E-state index contributed by atoms with van der Waals surface area (Å²) in [6.07, 6.45) is 4.88. The van der Waals surface area contributed by atoms with E-state index in [1.54, 1.807) is 6.92 Å². The van der Waals surface area contributed by atoms with Crippen molar-refractivity contribution in [3.8, 4) is 0 Å². The zero-order valence-electron chi connectivity index (χ0n) is 17.3. The highest BCUT2D eigenvalue weighted by Crippen LogP contribution is 2.32. The van der Waals surface area contributed by atoms with Gasteiger partial charge in [-0.2, -0.15) is 0 Å². The second-order valence-corrected chi connectivity index (χ2v) is 7.50. The van der Waals surface area contributed by atoms with E-state index in [1.807, 2.05) is 59.8 Å². The van der Waals surface area contributed by atoms with Crippen LogP contribution in [0.5, 0.6) is 0 Å². The molecule has 5 heteroatoms. The van der Waals surface area contributed by atoms with Gasteiger partial charge in [-0.25, -0.2) is 4.79 Å². The summed E-state index contributed by atoms with van der Waals surface area (Å²) in [7, 11) is 0. The van der Waals surface area contributed by atoms with Crippen molar-refractivity contribution in [3.05, 3.63) is 34.9 Å². The largest absolute Gasteiger partial charge is 0.455 e. The first kappa shape index (κ1) is 22.6. The number of allylic oxidation sites excluding steroid dienone is 3. The van der Waals surface area contributed by atoms with E-state index >= 15 is 0 Å². The molecule has 3 atom stereocenters. The van der Waals surface area contributed by atoms with Gasteiger partial charge in [0, 0.05) is 0 Å². The van der Waals surface area contributed by atoms with Gasteiger partial charge in [-0.1, -0.05) is 34.9 Å². The van der Waals surface area contributed by atoms with Crippen molar-refractivity contribution < 1.29 is 23.7 Å². The molecule has 148 valence electrons. The third-order valence-electron chi connectivity index (χ3n) is 4.08. The summed E-state index contributed by atoms with van der Waals surface area (Å²) in [5.41, 5.74) is 2.31. The fourth-order valence-corrected chi connectivity index (χ4v) is 2.43. The van der Waals surface area contributed by atoms with Crippen LogP contribution < -0.4 is 0 Å². The lowest BCUT2D eigenvalue weighted by atomic mass is 9.97. The van der Waals surface area contributed by atoms with Gasteiger partial charge in [0.25, 0.3) is 0 Å². The molecule has 1 fully saturated rings. The highest BCUT2D eigenvalue weighted by atomic mass is 16.6. The van der Waals surface area contributed by atoms with E-state index in [0.29, 0.717) is 19.8 Å². The van der Waals surface area contributed by atoms with Crippen molar-refractivity contribution in [2.45, 2.75) is 66.3 Å². The minimum Gasteiger partial charge on any atom is -0.455 e. The predicted molar refractivity (Wildman–Crippen MR) is 103 cm³/mol. The molecule has 0 spiro atoms. The lowest BCUT2D eigenvalue weighted by Gasteiger charge is -2.28. The van der Waals surface area contributed by atoms with E-state index in [4.69, 9.17) is 18.9 Å². The average molecular weight is 366 g/mol. The van der Waals surface area contributed by atoms with Gasteiger partial charge in [0.15, 0.2) is 11.7 Å². The molecule has 1 rings (SSSR count). The second-order valence-electron chi connectivity index (χ2n) is 7.50. The normalized spacial score (nSPS) is 24.8. The predicted octanol–water partition coefficient (Wildman–Crippen LogP) is 3.99. The maximum atomic E-state index is 12.5. The lowest BCUT2D eigenvalue weighted by Crippen LogP contribution is -2.48. The maximum absolute atomic E-state index is 12.5. The maximum Gasteiger partial charge on any atom is 0.341 e. The Morgan fingerprint density at radius 1 is 0.962 bits per heavy atom. The van der Waals surface area contributed by atoms with Crippen LogP contribution in [0.4, 0.5) is 0 Å². The van der Waals surface area contributed by atoms with E-state index in [2.05, 4.69) is 0 Å². The summed E-state index contributed by atoms with van der Waals surface area (Å²) >= 11 is 0. The zero-order chi connectivity index (χ0) is 19.7. The molecule has 0 aromatic rings. The molecule has 1 heterocycles. The molecule has 1 aliphatic heterocycles. The summed E-state index contributed by atoms with van der Waals surface area (Å²) in [4.78, 5) is 12.5. The minimum atomic E-state index is -1.15. The Morgan fingerprint density at radius 2 is 1.50 bits per heavy atom. The van der Waals surface area contributed by atoms with Crippen LogP contribution in [0.3, 0.4) is 0 Å². The van der Waals surface area contributed by atoms with Crippen molar-refractivity contribution in [1.82, 2.24) is 0 Å². The summed E-state index contributed by atoms with van der Waals surface area (Å²) in [5.74, 6) is -0.405. The van der Waals surface area contributed by atoms with Crippen LogP contribution in [0.15, 0.2) is 34.9 Å². The van der Waals surface area contributed by atoms with Crippen LogP contribution in [0.25, 0.3) is 0 Å². The van der Waals surface area contributed by atoms with Gasteiger partial charge in [0.05, 0.1) is 26.4 Å². The molecule has 0 bridgehead atoms. The van der Waals surface area contributed by atoms with Gasteiger partial charge in [-0.15, -0.1) is 0 Å². The first-order valence-electron chi connectivity index (χ1n) is 9.11. The Morgan fingerprint density at radius 3 is 2.08 bits per heavy atom. The van der Waals surface area contributed by atoms with Crippen LogP contribution in [-0.2, 0) is 23.7 Å². The molecule has 0 radical (unpaired) electrons.